The van der Waals surface area contributed by atoms with Crippen LogP contribution >= 0.6 is 0 Å². The van der Waals surface area contributed by atoms with Crippen LogP contribution in [0.2, 0.25) is 0 Å². The quantitative estimate of drug-likeness (QED) is 0.0200. The Morgan fingerprint density at radius 3 is 1.55 bits per heavy atom. The molecule has 1 fully saturated rings. The van der Waals surface area contributed by atoms with E-state index in [1.54, 1.807) is 0 Å². The minimum atomic E-state index is -4.60. The van der Waals surface area contributed by atoms with Crippen LogP contribution in [0.1, 0.15) is 194 Å². The van der Waals surface area contributed by atoms with E-state index in [0.717, 1.165) is 38.5 Å². The fraction of sp³-hybridized carbons (Fsp3) is 0.867. The molecule has 2 unspecified atom stereocenters. The van der Waals surface area contributed by atoms with Crippen molar-refractivity contribution >= 4 is 22.1 Å². The van der Waals surface area contributed by atoms with E-state index in [1.165, 1.54) is 116 Å². The molecule has 13 heteroatoms. The molecule has 0 aromatic rings. The summed E-state index contributed by atoms with van der Waals surface area (Å²) in [6.07, 6.45) is 29.5. The summed E-state index contributed by atoms with van der Waals surface area (Å²) in [5.74, 6) is -2.04. The van der Waals surface area contributed by atoms with Crippen molar-refractivity contribution in [1.29, 1.82) is 0 Å². The van der Waals surface area contributed by atoms with Gasteiger partial charge in [-0.05, 0) is 44.9 Å². The van der Waals surface area contributed by atoms with Crippen LogP contribution in [0.15, 0.2) is 24.3 Å². The van der Waals surface area contributed by atoms with Crippen molar-refractivity contribution in [3.8, 4) is 0 Å². The Morgan fingerprint density at radius 1 is 0.569 bits per heavy atom. The summed E-state index contributed by atoms with van der Waals surface area (Å²) in [6.45, 7) is 3.70. The third-order valence-electron chi connectivity index (χ3n) is 10.5. The predicted octanol–water partition coefficient (Wildman–Crippen LogP) is 9.23. The predicted molar refractivity (Wildman–Crippen MR) is 229 cm³/mol. The average Bonchev–Trinajstić information content (AvgIpc) is 3.18. The Kier molecular flexibility index (Phi) is 33.5. The van der Waals surface area contributed by atoms with Crippen LogP contribution in [0, 0.1) is 0 Å². The molecule has 0 radical (unpaired) electrons. The van der Waals surface area contributed by atoms with E-state index in [1.807, 2.05) is 6.08 Å². The van der Waals surface area contributed by atoms with E-state index in [9.17, 15) is 37.9 Å². The van der Waals surface area contributed by atoms with Crippen LogP contribution in [-0.4, -0.2) is 96.0 Å². The van der Waals surface area contributed by atoms with Gasteiger partial charge in [0, 0.05) is 12.8 Å². The number of carbonyl (C=O) groups is 2. The molecule has 0 saturated carbocycles. The zero-order chi connectivity index (χ0) is 42.7. The van der Waals surface area contributed by atoms with Crippen LogP contribution in [0.4, 0.5) is 0 Å². The van der Waals surface area contributed by atoms with E-state index >= 15 is 0 Å². The SMILES string of the molecule is CCCC/C=C/CCCCCCCCCCCC(=O)O[C@H](COC(=O)CC/C=C/CCCCCCCCCCCCC)CO[C@H]1O[C@H](CS(=O)(=O)O)[C@@H](O)C(O)C1O. The molecule has 1 heterocycles. The third kappa shape index (κ3) is 30.2. The number of hydrogen-bond donors (Lipinski definition) is 4. The first kappa shape index (κ1) is 54.1. The molecule has 4 N–H and O–H groups in total. The fourth-order valence-corrected chi connectivity index (χ4v) is 7.60. The van der Waals surface area contributed by atoms with Crippen molar-refractivity contribution in [2.75, 3.05) is 19.0 Å². The molecule has 1 aliphatic heterocycles. The van der Waals surface area contributed by atoms with Crippen LogP contribution in [-0.2, 0) is 38.7 Å². The summed E-state index contributed by atoms with van der Waals surface area (Å²) in [5.41, 5.74) is 0. The standard InChI is InChI=1S/C45H82O12S/c1-3-5-7-9-11-13-15-17-19-21-23-25-27-29-31-33-40(46)54-35-38(36-55-45-44(50)43(49)42(48)39(57-45)37-58(51,52)53)56-41(47)34-32-30-28-26-24-22-20-18-16-14-12-10-8-6-4-2/h10,12,27,29,38-39,42-45,48-50H,3-9,11,13-26,28,30-37H2,1-2H3,(H,51,52,53)/b12-10+,29-27+/t38-,39-,42-,43?,44?,45+/m1/s1. The van der Waals surface area contributed by atoms with Crippen molar-refractivity contribution in [3.05, 3.63) is 24.3 Å². The number of unbranched alkanes of at least 4 members (excludes halogenated alkanes) is 22. The highest BCUT2D eigenvalue weighted by Gasteiger charge is 2.46. The Morgan fingerprint density at radius 2 is 1.03 bits per heavy atom. The zero-order valence-corrected chi connectivity index (χ0v) is 37.0. The first-order valence-corrected chi connectivity index (χ1v) is 24.5. The molecule has 6 atom stereocenters. The molecule has 0 aliphatic carbocycles. The minimum absolute atomic E-state index is 0.137. The van der Waals surface area contributed by atoms with Gasteiger partial charge in [-0.15, -0.1) is 0 Å². The number of hydrogen-bond acceptors (Lipinski definition) is 11. The van der Waals surface area contributed by atoms with Gasteiger partial charge in [-0.2, -0.15) is 8.42 Å². The summed E-state index contributed by atoms with van der Waals surface area (Å²) in [6, 6.07) is 0. The summed E-state index contributed by atoms with van der Waals surface area (Å²) in [7, 11) is -4.60. The Labute approximate surface area is 351 Å². The van der Waals surface area contributed by atoms with Crippen LogP contribution in [0.25, 0.3) is 0 Å². The Balaban J connectivity index is 2.46. The molecule has 12 nitrogen and oxygen atoms in total. The van der Waals surface area contributed by atoms with Crippen LogP contribution in [0.3, 0.4) is 0 Å². The summed E-state index contributed by atoms with van der Waals surface area (Å²) < 4.78 is 54.0. The topological polar surface area (TPSA) is 186 Å². The summed E-state index contributed by atoms with van der Waals surface area (Å²) in [4.78, 5) is 25.4. The zero-order valence-electron chi connectivity index (χ0n) is 36.2. The molecule has 0 bridgehead atoms. The van der Waals surface area contributed by atoms with Crippen LogP contribution in [0.5, 0.6) is 0 Å². The maximum Gasteiger partial charge on any atom is 0.306 e. The van der Waals surface area contributed by atoms with Crippen molar-refractivity contribution in [1.82, 2.24) is 0 Å². The Hall–Kier alpha value is -1.87. The molecular formula is C45H82O12S. The number of rotatable bonds is 38. The lowest BCUT2D eigenvalue weighted by molar-refractivity contribution is -0.297. The van der Waals surface area contributed by atoms with Crippen molar-refractivity contribution in [3.63, 3.8) is 0 Å². The molecule has 0 spiro atoms. The molecule has 1 aliphatic rings. The largest absolute Gasteiger partial charge is 0.462 e. The average molecular weight is 847 g/mol. The second-order valence-corrected chi connectivity index (χ2v) is 17.6. The second kappa shape index (κ2) is 35.8. The van der Waals surface area contributed by atoms with Crippen molar-refractivity contribution in [2.24, 2.45) is 0 Å². The van der Waals surface area contributed by atoms with Gasteiger partial charge in [-0.3, -0.25) is 14.1 Å². The van der Waals surface area contributed by atoms with Gasteiger partial charge in [0.1, 0.15) is 36.8 Å². The highest BCUT2D eigenvalue weighted by molar-refractivity contribution is 7.85. The van der Waals surface area contributed by atoms with E-state index in [0.29, 0.717) is 12.8 Å². The number of carbonyl (C=O) groups excluding carboxylic acids is 2. The van der Waals surface area contributed by atoms with E-state index < -0.39 is 71.2 Å². The van der Waals surface area contributed by atoms with Gasteiger partial charge in [-0.1, -0.05) is 160 Å². The van der Waals surface area contributed by atoms with E-state index in [4.69, 9.17) is 18.9 Å². The monoisotopic (exact) mass is 847 g/mol. The van der Waals surface area contributed by atoms with Crippen LogP contribution < -0.4 is 0 Å². The van der Waals surface area contributed by atoms with E-state index in [-0.39, 0.29) is 19.4 Å². The molecule has 0 aromatic carbocycles. The molecule has 0 aromatic heterocycles. The normalized spacial score (nSPS) is 20.6. The Bertz CT molecular complexity index is 1180. The van der Waals surface area contributed by atoms with Gasteiger partial charge in [0.25, 0.3) is 10.1 Å². The lowest BCUT2D eigenvalue weighted by Gasteiger charge is -2.40. The number of aliphatic hydroxyl groups is 3. The lowest BCUT2D eigenvalue weighted by atomic mass is 10.00. The van der Waals surface area contributed by atoms with Crippen molar-refractivity contribution in [2.45, 2.75) is 230 Å². The van der Waals surface area contributed by atoms with Crippen molar-refractivity contribution < 1.29 is 56.8 Å². The van der Waals surface area contributed by atoms with Gasteiger partial charge in [0.2, 0.25) is 0 Å². The third-order valence-corrected chi connectivity index (χ3v) is 11.3. The fourth-order valence-electron chi connectivity index (χ4n) is 6.91. The second-order valence-electron chi connectivity index (χ2n) is 16.1. The maximum atomic E-state index is 12.8. The highest BCUT2D eigenvalue weighted by atomic mass is 32.2. The van der Waals surface area contributed by atoms with Gasteiger partial charge < -0.3 is 34.3 Å². The summed E-state index contributed by atoms with van der Waals surface area (Å²) in [5, 5.41) is 30.9. The molecule has 58 heavy (non-hydrogen) atoms. The number of aliphatic hydroxyl groups excluding tert-OH is 3. The number of esters is 2. The lowest BCUT2D eigenvalue weighted by Crippen LogP contribution is -2.60. The number of allylic oxidation sites excluding steroid dienone is 4. The number of ether oxygens (including phenoxy) is 4. The van der Waals surface area contributed by atoms with Gasteiger partial charge in [0.05, 0.1) is 6.61 Å². The molecule has 1 rings (SSSR count). The first-order chi connectivity index (χ1) is 28.0. The first-order valence-electron chi connectivity index (χ1n) is 22.9. The highest BCUT2D eigenvalue weighted by Crippen LogP contribution is 2.24. The minimum Gasteiger partial charge on any atom is -0.462 e. The molecule has 1 saturated heterocycles. The summed E-state index contributed by atoms with van der Waals surface area (Å²) >= 11 is 0. The van der Waals surface area contributed by atoms with E-state index in [2.05, 4.69) is 32.1 Å². The maximum absolute atomic E-state index is 12.8. The molecular weight excluding hydrogens is 765 g/mol. The molecule has 0 amide bonds. The smallest absolute Gasteiger partial charge is 0.306 e. The van der Waals surface area contributed by atoms with Gasteiger partial charge >= 0.3 is 11.9 Å². The van der Waals surface area contributed by atoms with Gasteiger partial charge in [0.15, 0.2) is 12.4 Å². The van der Waals surface area contributed by atoms with Gasteiger partial charge in [-0.25, -0.2) is 0 Å². The molecule has 340 valence electrons.